The molecule has 4 rings (SSSR count). The number of nitrogens with zero attached hydrogens (tertiary/aromatic N) is 4. The Morgan fingerprint density at radius 2 is 1.81 bits per heavy atom. The number of methoxy groups -OCH3 is 1. The van der Waals surface area contributed by atoms with Crippen molar-refractivity contribution < 1.29 is 33.0 Å². The second-order valence-corrected chi connectivity index (χ2v) is 14.3. The number of aliphatic hydroxyl groups is 2. The molecule has 0 unspecified atom stereocenters. The van der Waals surface area contributed by atoms with Gasteiger partial charge in [-0.3, -0.25) is 4.79 Å². The van der Waals surface area contributed by atoms with Gasteiger partial charge in [0.2, 0.25) is 15.9 Å². The van der Waals surface area contributed by atoms with Crippen molar-refractivity contribution in [1.82, 2.24) is 24.8 Å². The molecular weight excluding hydrogens is 649 g/mol. The summed E-state index contributed by atoms with van der Waals surface area (Å²) in [7, 11) is -2.62. The first kappa shape index (κ1) is 36.0. The molecule has 0 saturated carbocycles. The molecule has 2 aromatic carbocycles. The van der Waals surface area contributed by atoms with Crippen molar-refractivity contribution >= 4 is 33.3 Å². The molecule has 1 aromatic heterocycles. The molecule has 47 heavy (non-hydrogen) atoms. The summed E-state index contributed by atoms with van der Waals surface area (Å²) in [6.45, 7) is 3.90. The van der Waals surface area contributed by atoms with Gasteiger partial charge in [-0.25, -0.2) is 22.9 Å². The number of carbonyl (C=O) groups excluding carboxylic acids is 2. The first-order chi connectivity index (χ1) is 22.3. The number of aromatic nitrogens is 1. The lowest BCUT2D eigenvalue weighted by molar-refractivity contribution is -0.180. The monoisotopic (exact) mass is 688 g/mol. The van der Waals surface area contributed by atoms with Gasteiger partial charge in [-0.1, -0.05) is 61.5 Å². The summed E-state index contributed by atoms with van der Waals surface area (Å²) in [5.41, 5.74) is 1.89. The van der Waals surface area contributed by atoms with Crippen LogP contribution in [0.25, 0.3) is 0 Å². The zero-order valence-electron chi connectivity index (χ0n) is 26.4. The maximum absolute atomic E-state index is 13.9. The molecule has 3 aromatic rings. The summed E-state index contributed by atoms with van der Waals surface area (Å²) < 4.78 is 33.3. The lowest BCUT2D eigenvalue weighted by atomic mass is 9.96. The number of ether oxygens (including phenoxy) is 1. The Balaban J connectivity index is 1.50. The largest absolute Gasteiger partial charge is 0.378 e. The van der Waals surface area contributed by atoms with Crippen LogP contribution in [-0.2, 0) is 45.7 Å². The molecule has 1 saturated heterocycles. The number of urea groups is 1. The minimum absolute atomic E-state index is 0.0484. The fourth-order valence-electron chi connectivity index (χ4n) is 5.31. The number of carbonyl (C=O) groups is 2. The molecule has 1 aliphatic heterocycles. The molecule has 0 spiro atoms. The van der Waals surface area contributed by atoms with E-state index in [9.17, 15) is 33.1 Å². The molecule has 1 fully saturated rings. The first-order valence-electron chi connectivity index (χ1n) is 15.0. The molecule has 2 atom stereocenters. The van der Waals surface area contributed by atoms with Crippen molar-refractivity contribution in [2.45, 2.75) is 62.7 Å². The number of nitrogens with one attached hydrogen (secondary N) is 2. The Bertz CT molecular complexity index is 1620. The summed E-state index contributed by atoms with van der Waals surface area (Å²) in [6, 6.07) is 11.5. The number of thiazole rings is 1. The average molecular weight is 689 g/mol. The van der Waals surface area contributed by atoms with Gasteiger partial charge in [0, 0.05) is 25.6 Å². The topological polar surface area (TPSA) is 191 Å². The highest BCUT2D eigenvalue weighted by atomic mass is 32.2. The van der Waals surface area contributed by atoms with E-state index in [1.807, 2.05) is 5.38 Å². The van der Waals surface area contributed by atoms with Crippen LogP contribution in [0.15, 0.2) is 70.0 Å². The van der Waals surface area contributed by atoms with Crippen molar-refractivity contribution in [2.24, 2.45) is 11.1 Å². The molecule has 3 amide bonds. The van der Waals surface area contributed by atoms with Crippen LogP contribution in [0.5, 0.6) is 0 Å². The van der Waals surface area contributed by atoms with Crippen molar-refractivity contribution in [3.63, 3.8) is 0 Å². The summed E-state index contributed by atoms with van der Waals surface area (Å²) in [5, 5.41) is 30.7. The smallest absolute Gasteiger partial charge is 0.321 e. The predicted octanol–water partition coefficient (Wildman–Crippen LogP) is 2.21. The third-order valence-corrected chi connectivity index (χ3v) is 10.0. The molecule has 14 nitrogen and oxygen atoms in total. The molecule has 0 radical (unpaired) electrons. The Kier molecular flexibility index (Phi) is 12.2. The quantitative estimate of drug-likeness (QED) is 0.122. The first-order valence-corrected chi connectivity index (χ1v) is 17.4. The fourth-order valence-corrected chi connectivity index (χ4v) is 7.13. The number of benzene rings is 2. The minimum atomic E-state index is -4.21. The van der Waals surface area contributed by atoms with Gasteiger partial charge in [-0.15, -0.1) is 11.3 Å². The van der Waals surface area contributed by atoms with E-state index < -0.39 is 40.3 Å². The van der Waals surface area contributed by atoms with E-state index in [0.717, 1.165) is 5.01 Å². The van der Waals surface area contributed by atoms with Crippen LogP contribution in [0.2, 0.25) is 0 Å². The Hall–Kier alpha value is -3.80. The zero-order chi connectivity index (χ0) is 34.2. The van der Waals surface area contributed by atoms with Crippen LogP contribution in [-0.4, -0.2) is 90.0 Å². The van der Waals surface area contributed by atoms with Crippen molar-refractivity contribution in [1.29, 1.82) is 0 Å². The van der Waals surface area contributed by atoms with Crippen LogP contribution in [0.1, 0.15) is 35.7 Å². The fraction of sp³-hybridized carbons (Fsp3) is 0.452. The number of rotatable bonds is 17. The Labute approximate surface area is 277 Å². The van der Waals surface area contributed by atoms with E-state index in [1.165, 1.54) is 40.5 Å². The Morgan fingerprint density at radius 3 is 2.45 bits per heavy atom. The summed E-state index contributed by atoms with van der Waals surface area (Å²) in [6.07, 6.45) is -0.0484. The second-order valence-electron chi connectivity index (χ2n) is 11.6. The van der Waals surface area contributed by atoms with E-state index in [-0.39, 0.29) is 42.9 Å². The molecule has 4 N–H and O–H groups in total. The van der Waals surface area contributed by atoms with Crippen molar-refractivity contribution in [3.05, 3.63) is 86.7 Å². The molecular formula is C31H40N6O8S2. The van der Waals surface area contributed by atoms with Gasteiger partial charge in [-0.2, -0.15) is 4.91 Å². The summed E-state index contributed by atoms with van der Waals surface area (Å²) in [4.78, 5) is 45.3. The molecule has 0 aliphatic carbocycles. The van der Waals surface area contributed by atoms with E-state index in [0.29, 0.717) is 30.0 Å². The number of sulfonamides is 1. The summed E-state index contributed by atoms with van der Waals surface area (Å²) >= 11 is 1.44. The number of nitroso groups, excluding NO2 is 1. The minimum Gasteiger partial charge on any atom is -0.378 e. The third kappa shape index (κ3) is 9.39. The van der Waals surface area contributed by atoms with Gasteiger partial charge >= 0.3 is 6.03 Å². The van der Waals surface area contributed by atoms with Crippen LogP contribution < -0.4 is 10.0 Å². The summed E-state index contributed by atoms with van der Waals surface area (Å²) in [5.74, 6) is -3.69. The molecule has 16 heteroatoms. The zero-order valence-corrected chi connectivity index (χ0v) is 28.0. The van der Waals surface area contributed by atoms with Crippen LogP contribution in [0.4, 0.5) is 4.79 Å². The highest BCUT2D eigenvalue weighted by molar-refractivity contribution is 7.89. The maximum atomic E-state index is 13.9. The second kappa shape index (κ2) is 15.9. The lowest BCUT2D eigenvalue weighted by Gasteiger charge is -2.36. The van der Waals surface area contributed by atoms with E-state index in [2.05, 4.69) is 20.2 Å². The van der Waals surface area contributed by atoms with Gasteiger partial charge in [0.15, 0.2) is 5.79 Å². The predicted molar refractivity (Wildman–Crippen MR) is 174 cm³/mol. The molecule has 1 aliphatic rings. The lowest BCUT2D eigenvalue weighted by Crippen LogP contribution is -2.62. The van der Waals surface area contributed by atoms with E-state index >= 15 is 0 Å². The van der Waals surface area contributed by atoms with Crippen molar-refractivity contribution in [2.75, 3.05) is 26.7 Å². The van der Waals surface area contributed by atoms with Gasteiger partial charge < -0.3 is 30.1 Å². The highest BCUT2D eigenvalue weighted by Gasteiger charge is 2.43. The molecule has 0 bridgehead atoms. The maximum Gasteiger partial charge on any atom is 0.321 e. The number of hydrogen-bond acceptors (Lipinski definition) is 11. The van der Waals surface area contributed by atoms with Crippen LogP contribution in [0, 0.1) is 10.8 Å². The standard InChI is InChI=1S/C31H40N6O8S2/c1-21(2)28(37-14-13-36(30(37)39)17-24-19-46-27(34-24)18-45-3)29(38)35-26(15-22-7-5-4-6-8-22)31(40,41)20-33-47(43,44)25-11-9-23(10-12-25)16-32-42/h4-12,19,21,26,28,33,40-41H,13-18,20H2,1-3H3,(H,35,38)/t26-,28+/m0/s1. The van der Waals surface area contributed by atoms with Crippen LogP contribution in [0.3, 0.4) is 0 Å². The average Bonchev–Trinajstić information content (AvgIpc) is 3.63. The number of hydrogen-bond donors (Lipinski definition) is 4. The van der Waals surface area contributed by atoms with Crippen molar-refractivity contribution in [3.8, 4) is 0 Å². The number of amides is 3. The van der Waals surface area contributed by atoms with Crippen LogP contribution >= 0.6 is 11.3 Å². The third-order valence-electron chi connectivity index (χ3n) is 7.74. The molecule has 2 heterocycles. The van der Waals surface area contributed by atoms with E-state index in [1.54, 1.807) is 56.2 Å². The van der Waals surface area contributed by atoms with Gasteiger partial charge in [0.1, 0.15) is 17.6 Å². The van der Waals surface area contributed by atoms with Gasteiger partial charge in [-0.05, 0) is 35.6 Å². The van der Waals surface area contributed by atoms with Gasteiger partial charge in [0.25, 0.3) is 0 Å². The highest BCUT2D eigenvalue weighted by Crippen LogP contribution is 2.23. The van der Waals surface area contributed by atoms with Gasteiger partial charge in [0.05, 0.1) is 36.3 Å². The normalized spacial score (nSPS) is 15.2. The SMILES string of the molecule is COCc1nc(CN2CCN([C@@H](C(=O)N[C@@H](Cc3ccccc3)C(O)(O)CNS(=O)(=O)c3ccc(CN=O)cc3)C(C)C)C2=O)cs1. The Morgan fingerprint density at radius 1 is 1.11 bits per heavy atom. The molecule has 254 valence electrons. The van der Waals surface area contributed by atoms with E-state index in [4.69, 9.17) is 4.74 Å².